The van der Waals surface area contributed by atoms with Crippen LogP contribution in [0.25, 0.3) is 6.08 Å². The van der Waals surface area contributed by atoms with Crippen LogP contribution in [-0.4, -0.2) is 77.4 Å². The van der Waals surface area contributed by atoms with Gasteiger partial charge in [-0.05, 0) is 51.5 Å². The Hall–Kier alpha value is -2.37. The van der Waals surface area contributed by atoms with Gasteiger partial charge in [0.1, 0.15) is 12.3 Å². The van der Waals surface area contributed by atoms with Gasteiger partial charge in [0.2, 0.25) is 5.91 Å². The second-order valence-electron chi connectivity index (χ2n) is 6.13. The van der Waals surface area contributed by atoms with Gasteiger partial charge in [0.05, 0.1) is 22.6 Å². The molecule has 1 N–H and O–H groups in total. The number of nitrogens with zero attached hydrogens (tertiary/aromatic N) is 2. The molecule has 0 bridgehead atoms. The maximum atomic E-state index is 12.6. The summed E-state index contributed by atoms with van der Waals surface area (Å²) in [7, 11) is 0. The van der Waals surface area contributed by atoms with E-state index in [1.165, 1.54) is 6.08 Å². The van der Waals surface area contributed by atoms with Gasteiger partial charge in [0.15, 0.2) is 6.61 Å². The molecule has 0 aromatic heterocycles. The molecular formula is C18H17BrN2O7S. The molecule has 11 heteroatoms. The first-order valence-corrected chi connectivity index (χ1v) is 10.2. The number of rotatable bonds is 6. The van der Waals surface area contributed by atoms with Crippen molar-refractivity contribution in [2.24, 2.45) is 0 Å². The number of carboxylic acids is 1. The maximum absolute atomic E-state index is 12.6. The molecule has 2 heterocycles. The fourth-order valence-corrected chi connectivity index (χ4v) is 4.05. The molecule has 0 aliphatic carbocycles. The van der Waals surface area contributed by atoms with Crippen molar-refractivity contribution in [3.8, 4) is 5.75 Å². The summed E-state index contributed by atoms with van der Waals surface area (Å²) < 4.78 is 10.8. The van der Waals surface area contributed by atoms with E-state index in [1.54, 1.807) is 23.1 Å². The van der Waals surface area contributed by atoms with Crippen LogP contribution in [0.5, 0.6) is 5.75 Å². The Bertz CT molecular complexity index is 883. The van der Waals surface area contributed by atoms with E-state index in [9.17, 15) is 19.2 Å². The highest BCUT2D eigenvalue weighted by atomic mass is 79.9. The fraction of sp³-hybridized carbons (Fsp3) is 0.333. The molecule has 154 valence electrons. The Morgan fingerprint density at radius 3 is 2.66 bits per heavy atom. The molecule has 3 rings (SSSR count). The summed E-state index contributed by atoms with van der Waals surface area (Å²) >= 11 is 4.05. The molecule has 9 nitrogen and oxygen atoms in total. The third-order valence-electron chi connectivity index (χ3n) is 4.14. The first-order valence-electron chi connectivity index (χ1n) is 8.60. The van der Waals surface area contributed by atoms with E-state index in [0.717, 1.165) is 16.7 Å². The summed E-state index contributed by atoms with van der Waals surface area (Å²) in [6.45, 7) is 0.981. The summed E-state index contributed by atoms with van der Waals surface area (Å²) in [6, 6.07) is 4.84. The summed E-state index contributed by atoms with van der Waals surface area (Å²) in [5.41, 5.74) is 0.615. The zero-order valence-electron chi connectivity index (χ0n) is 15.1. The van der Waals surface area contributed by atoms with Crippen molar-refractivity contribution in [1.29, 1.82) is 0 Å². The van der Waals surface area contributed by atoms with Crippen LogP contribution < -0.4 is 4.74 Å². The largest absolute Gasteiger partial charge is 0.481 e. The predicted octanol–water partition coefficient (Wildman–Crippen LogP) is 1.81. The van der Waals surface area contributed by atoms with E-state index in [-0.39, 0.29) is 17.4 Å². The van der Waals surface area contributed by atoms with Crippen molar-refractivity contribution in [3.63, 3.8) is 0 Å². The number of amides is 3. The SMILES string of the molecule is O=C(O)COc1ccc(/C=C2\SC(=O)N(CC(=O)N3CCOCC3)C2=O)cc1Br. The average Bonchev–Trinajstić information content (AvgIpc) is 2.95. The number of morpholine rings is 1. The number of hydrogen-bond donors (Lipinski definition) is 1. The third kappa shape index (κ3) is 5.37. The van der Waals surface area contributed by atoms with Crippen molar-refractivity contribution in [2.75, 3.05) is 39.5 Å². The Balaban J connectivity index is 1.68. The quantitative estimate of drug-likeness (QED) is 0.608. The first kappa shape index (κ1) is 21.3. The molecule has 0 atom stereocenters. The smallest absolute Gasteiger partial charge is 0.341 e. The van der Waals surface area contributed by atoms with Crippen molar-refractivity contribution in [2.45, 2.75) is 0 Å². The molecule has 3 amide bonds. The monoisotopic (exact) mass is 484 g/mol. The number of benzene rings is 1. The van der Waals surface area contributed by atoms with Gasteiger partial charge in [0, 0.05) is 13.1 Å². The van der Waals surface area contributed by atoms with Gasteiger partial charge in [-0.2, -0.15) is 0 Å². The number of imide groups is 1. The number of carbonyl (C=O) groups excluding carboxylic acids is 3. The fourth-order valence-electron chi connectivity index (χ4n) is 2.70. The van der Waals surface area contributed by atoms with Crippen molar-refractivity contribution >= 4 is 56.8 Å². The zero-order valence-corrected chi connectivity index (χ0v) is 17.5. The molecule has 1 aromatic carbocycles. The lowest BCUT2D eigenvalue weighted by Crippen LogP contribution is -2.46. The Kier molecular flexibility index (Phi) is 6.93. The lowest BCUT2D eigenvalue weighted by Gasteiger charge is -2.28. The third-order valence-corrected chi connectivity index (χ3v) is 5.66. The van der Waals surface area contributed by atoms with E-state index < -0.39 is 23.7 Å². The topological polar surface area (TPSA) is 113 Å². The Morgan fingerprint density at radius 1 is 1.28 bits per heavy atom. The summed E-state index contributed by atoms with van der Waals surface area (Å²) in [6.07, 6.45) is 1.54. The second kappa shape index (κ2) is 9.42. The number of thioether (sulfide) groups is 1. The number of carbonyl (C=O) groups is 4. The summed E-state index contributed by atoms with van der Waals surface area (Å²) in [4.78, 5) is 50.5. The highest BCUT2D eigenvalue weighted by Crippen LogP contribution is 2.34. The van der Waals surface area contributed by atoms with E-state index >= 15 is 0 Å². The van der Waals surface area contributed by atoms with Crippen LogP contribution in [0.15, 0.2) is 27.6 Å². The van der Waals surface area contributed by atoms with Crippen molar-refractivity contribution < 1.29 is 33.8 Å². The minimum atomic E-state index is -1.10. The van der Waals surface area contributed by atoms with Gasteiger partial charge in [0.25, 0.3) is 11.1 Å². The second-order valence-corrected chi connectivity index (χ2v) is 7.98. The Labute approximate surface area is 178 Å². The zero-order chi connectivity index (χ0) is 21.0. The van der Waals surface area contributed by atoms with Crippen LogP contribution in [0.4, 0.5) is 4.79 Å². The average molecular weight is 485 g/mol. The van der Waals surface area contributed by atoms with Crippen LogP contribution in [0.1, 0.15) is 5.56 Å². The first-order chi connectivity index (χ1) is 13.8. The van der Waals surface area contributed by atoms with Crippen LogP contribution in [0.3, 0.4) is 0 Å². The maximum Gasteiger partial charge on any atom is 0.341 e. The molecule has 2 aliphatic rings. The predicted molar refractivity (Wildman–Crippen MR) is 107 cm³/mol. The normalized spacial score (nSPS) is 18.4. The van der Waals surface area contributed by atoms with Gasteiger partial charge < -0.3 is 19.5 Å². The molecule has 0 spiro atoms. The molecule has 2 aliphatic heterocycles. The molecule has 1 aromatic rings. The molecule has 2 fully saturated rings. The number of hydrogen-bond acceptors (Lipinski definition) is 7. The van der Waals surface area contributed by atoms with Gasteiger partial charge in [-0.25, -0.2) is 4.79 Å². The molecule has 2 saturated heterocycles. The molecule has 0 saturated carbocycles. The van der Waals surface area contributed by atoms with Gasteiger partial charge in [-0.1, -0.05) is 6.07 Å². The van der Waals surface area contributed by atoms with Crippen LogP contribution in [0.2, 0.25) is 0 Å². The lowest BCUT2D eigenvalue weighted by atomic mass is 10.2. The highest BCUT2D eigenvalue weighted by molar-refractivity contribution is 9.10. The minimum Gasteiger partial charge on any atom is -0.481 e. The van der Waals surface area contributed by atoms with Crippen LogP contribution in [0, 0.1) is 0 Å². The number of carboxylic acid groups (broad SMARTS) is 1. The Morgan fingerprint density at radius 2 is 2.00 bits per heavy atom. The highest BCUT2D eigenvalue weighted by Gasteiger charge is 2.37. The molecule has 0 unspecified atom stereocenters. The minimum absolute atomic E-state index is 0.205. The standard InChI is InChI=1S/C18H17BrN2O7S/c19-12-7-11(1-2-13(12)28-10-16(23)24)8-14-17(25)21(18(26)29-14)9-15(22)20-3-5-27-6-4-20/h1-2,7-8H,3-6,9-10H2,(H,23,24)/b14-8-. The number of aliphatic carboxylic acids is 1. The van der Waals surface area contributed by atoms with Crippen molar-refractivity contribution in [3.05, 3.63) is 33.1 Å². The molecular weight excluding hydrogens is 468 g/mol. The summed E-state index contributed by atoms with van der Waals surface area (Å²) in [5, 5.41) is 8.18. The van der Waals surface area contributed by atoms with Gasteiger partial charge in [-0.3, -0.25) is 19.3 Å². The van der Waals surface area contributed by atoms with E-state index in [1.807, 2.05) is 0 Å². The summed E-state index contributed by atoms with van der Waals surface area (Å²) in [5.74, 6) is -1.57. The van der Waals surface area contributed by atoms with Crippen molar-refractivity contribution in [1.82, 2.24) is 9.80 Å². The van der Waals surface area contributed by atoms with Gasteiger partial charge >= 0.3 is 5.97 Å². The van der Waals surface area contributed by atoms with E-state index in [4.69, 9.17) is 14.6 Å². The van der Waals surface area contributed by atoms with E-state index in [2.05, 4.69) is 15.9 Å². The number of halogens is 1. The van der Waals surface area contributed by atoms with E-state index in [0.29, 0.717) is 42.1 Å². The molecule has 0 radical (unpaired) electrons. The number of ether oxygens (including phenoxy) is 2. The van der Waals surface area contributed by atoms with Crippen LogP contribution in [-0.2, 0) is 19.1 Å². The lowest BCUT2D eigenvalue weighted by molar-refractivity contribution is -0.139. The molecule has 29 heavy (non-hydrogen) atoms. The van der Waals surface area contributed by atoms with Crippen LogP contribution >= 0.6 is 27.7 Å². The van der Waals surface area contributed by atoms with Gasteiger partial charge in [-0.15, -0.1) is 0 Å².